The Bertz CT molecular complexity index is 613. The average molecular weight is 270 g/mol. The summed E-state index contributed by atoms with van der Waals surface area (Å²) in [6.07, 6.45) is 1.30. The van der Waals surface area contributed by atoms with Gasteiger partial charge in [0.1, 0.15) is 0 Å². The molecule has 1 N–H and O–H groups in total. The largest absolute Gasteiger partial charge is 0.618 e. The lowest BCUT2D eigenvalue weighted by molar-refractivity contribution is -0.607. The molecule has 1 aromatic carbocycles. The van der Waals surface area contributed by atoms with E-state index in [4.69, 9.17) is 0 Å². The Morgan fingerprint density at radius 2 is 1.75 bits per heavy atom. The molecule has 0 saturated heterocycles. The zero-order valence-corrected chi connectivity index (χ0v) is 11.9. The number of carbonyl (C=O) groups excluding carboxylic acids is 1. The minimum atomic E-state index is -0.413. The summed E-state index contributed by atoms with van der Waals surface area (Å²) in [7, 11) is 0. The molecule has 0 radical (unpaired) electrons. The molecular formula is C16H18N2O2. The second-order valence-corrected chi connectivity index (χ2v) is 5.69. The van der Waals surface area contributed by atoms with Crippen LogP contribution in [0.25, 0.3) is 0 Å². The molecule has 0 aliphatic carbocycles. The second-order valence-electron chi connectivity index (χ2n) is 5.69. The third-order valence-corrected chi connectivity index (χ3v) is 3.07. The normalized spacial score (nSPS) is 11.2. The Kier molecular flexibility index (Phi) is 3.74. The summed E-state index contributed by atoms with van der Waals surface area (Å²) >= 11 is 0. The Balaban J connectivity index is 2.15. The maximum Gasteiger partial charge on any atom is 0.321 e. The number of carbonyl (C=O) groups is 1. The van der Waals surface area contributed by atoms with Crippen LogP contribution in [0.1, 0.15) is 36.8 Å². The quantitative estimate of drug-likeness (QED) is 0.674. The van der Waals surface area contributed by atoms with Crippen LogP contribution in [0.3, 0.4) is 0 Å². The van der Waals surface area contributed by atoms with E-state index in [2.05, 4.69) is 26.1 Å². The highest BCUT2D eigenvalue weighted by molar-refractivity contribution is 6.01. The van der Waals surface area contributed by atoms with E-state index in [1.807, 2.05) is 24.3 Å². The van der Waals surface area contributed by atoms with Crippen molar-refractivity contribution < 1.29 is 9.52 Å². The summed E-state index contributed by atoms with van der Waals surface area (Å²) in [5.41, 5.74) is 2.01. The first kappa shape index (κ1) is 14.1. The van der Waals surface area contributed by atoms with Gasteiger partial charge in [-0.2, -0.15) is 4.73 Å². The van der Waals surface area contributed by atoms with Crippen LogP contribution < -0.4 is 10.0 Å². The number of anilines is 1. The summed E-state index contributed by atoms with van der Waals surface area (Å²) in [4.78, 5) is 12.0. The predicted molar refractivity (Wildman–Crippen MR) is 78.5 cm³/mol. The summed E-state index contributed by atoms with van der Waals surface area (Å²) in [6.45, 7) is 6.39. The van der Waals surface area contributed by atoms with Gasteiger partial charge < -0.3 is 10.5 Å². The number of nitrogens with zero attached hydrogens (tertiary/aromatic N) is 1. The van der Waals surface area contributed by atoms with Crippen molar-refractivity contribution in [2.45, 2.75) is 26.2 Å². The molecule has 0 aliphatic heterocycles. The van der Waals surface area contributed by atoms with Gasteiger partial charge in [-0.1, -0.05) is 32.9 Å². The van der Waals surface area contributed by atoms with E-state index < -0.39 is 5.91 Å². The Hall–Kier alpha value is -2.36. The van der Waals surface area contributed by atoms with Crippen molar-refractivity contribution in [1.82, 2.24) is 0 Å². The van der Waals surface area contributed by atoms with Gasteiger partial charge in [0.15, 0.2) is 6.20 Å². The lowest BCUT2D eigenvalue weighted by Crippen LogP contribution is -2.36. The zero-order chi connectivity index (χ0) is 14.8. The lowest BCUT2D eigenvalue weighted by atomic mass is 9.87. The number of aromatic nitrogens is 1. The van der Waals surface area contributed by atoms with E-state index in [0.717, 1.165) is 0 Å². The molecule has 0 spiro atoms. The van der Waals surface area contributed by atoms with Crippen molar-refractivity contribution in [3.8, 4) is 0 Å². The van der Waals surface area contributed by atoms with Gasteiger partial charge in [0, 0.05) is 17.8 Å². The van der Waals surface area contributed by atoms with Gasteiger partial charge in [-0.05, 0) is 29.2 Å². The molecule has 1 amide bonds. The highest BCUT2D eigenvalue weighted by atomic mass is 16.5. The lowest BCUT2D eigenvalue weighted by Gasteiger charge is -2.19. The van der Waals surface area contributed by atoms with Crippen LogP contribution in [-0.2, 0) is 5.41 Å². The molecule has 20 heavy (non-hydrogen) atoms. The first-order valence-corrected chi connectivity index (χ1v) is 6.48. The molecule has 4 heteroatoms. The molecule has 0 bridgehead atoms. The van der Waals surface area contributed by atoms with Gasteiger partial charge in [0.25, 0.3) is 5.69 Å². The van der Waals surface area contributed by atoms with Crippen LogP contribution in [0.15, 0.2) is 48.7 Å². The minimum Gasteiger partial charge on any atom is -0.618 e. The number of benzene rings is 1. The summed E-state index contributed by atoms with van der Waals surface area (Å²) in [5.74, 6) is -0.413. The van der Waals surface area contributed by atoms with Crippen LogP contribution in [0, 0.1) is 5.21 Å². The van der Waals surface area contributed by atoms with E-state index >= 15 is 0 Å². The minimum absolute atomic E-state index is 0.0695. The topological polar surface area (TPSA) is 56.0 Å². The van der Waals surface area contributed by atoms with E-state index in [1.54, 1.807) is 12.1 Å². The van der Waals surface area contributed by atoms with Crippen molar-refractivity contribution in [3.05, 3.63) is 65.1 Å². The Labute approximate surface area is 118 Å². The number of nitrogens with one attached hydrogen (secondary N) is 1. The van der Waals surface area contributed by atoms with Crippen LogP contribution >= 0.6 is 0 Å². The molecule has 1 heterocycles. The van der Waals surface area contributed by atoms with Gasteiger partial charge in [0.2, 0.25) is 0 Å². The van der Waals surface area contributed by atoms with E-state index in [9.17, 15) is 10.0 Å². The van der Waals surface area contributed by atoms with Gasteiger partial charge >= 0.3 is 5.91 Å². The van der Waals surface area contributed by atoms with E-state index in [0.29, 0.717) is 10.4 Å². The zero-order valence-electron chi connectivity index (χ0n) is 11.9. The molecule has 0 saturated carbocycles. The molecule has 1 aromatic heterocycles. The monoisotopic (exact) mass is 270 g/mol. The third-order valence-electron chi connectivity index (χ3n) is 3.07. The second kappa shape index (κ2) is 5.33. The standard InChI is InChI=1S/C16H18N2O2/c1-16(2,3)12-7-9-13(10-8-12)17-15(19)14-6-4-5-11-18(14)20/h4-11H,1-3H3,(H,17,19). The fourth-order valence-corrected chi connectivity index (χ4v) is 1.85. The Morgan fingerprint density at radius 3 is 2.30 bits per heavy atom. The fourth-order valence-electron chi connectivity index (χ4n) is 1.85. The molecule has 2 rings (SSSR count). The molecule has 104 valence electrons. The fraction of sp³-hybridized carbons (Fsp3) is 0.250. The van der Waals surface area contributed by atoms with Gasteiger partial charge in [-0.15, -0.1) is 0 Å². The van der Waals surface area contributed by atoms with Crippen molar-refractivity contribution >= 4 is 11.6 Å². The molecule has 0 atom stereocenters. The van der Waals surface area contributed by atoms with Crippen molar-refractivity contribution in [2.24, 2.45) is 0 Å². The first-order chi connectivity index (χ1) is 9.38. The maximum atomic E-state index is 12.0. The summed E-state index contributed by atoms with van der Waals surface area (Å²) in [5, 5.41) is 14.2. The summed E-state index contributed by atoms with van der Waals surface area (Å²) in [6, 6.07) is 12.4. The van der Waals surface area contributed by atoms with E-state index in [-0.39, 0.29) is 11.1 Å². The maximum absolute atomic E-state index is 12.0. The molecule has 0 aliphatic rings. The summed E-state index contributed by atoms with van der Waals surface area (Å²) < 4.78 is 0.554. The number of hydrogen-bond acceptors (Lipinski definition) is 2. The van der Waals surface area contributed by atoms with Gasteiger partial charge in [-0.3, -0.25) is 4.79 Å². The molecule has 4 nitrogen and oxygen atoms in total. The van der Waals surface area contributed by atoms with Gasteiger partial charge in [-0.25, -0.2) is 0 Å². The predicted octanol–water partition coefficient (Wildman–Crippen LogP) is 2.87. The molecule has 0 unspecified atom stereocenters. The third kappa shape index (κ3) is 3.15. The molecule has 0 fully saturated rings. The van der Waals surface area contributed by atoms with Crippen LogP contribution in [0.2, 0.25) is 0 Å². The van der Waals surface area contributed by atoms with E-state index in [1.165, 1.54) is 17.8 Å². The number of rotatable bonds is 2. The van der Waals surface area contributed by atoms with Crippen LogP contribution in [-0.4, -0.2) is 5.91 Å². The van der Waals surface area contributed by atoms with Gasteiger partial charge in [0.05, 0.1) is 0 Å². The number of amides is 1. The smallest absolute Gasteiger partial charge is 0.321 e. The van der Waals surface area contributed by atoms with Crippen molar-refractivity contribution in [3.63, 3.8) is 0 Å². The highest BCUT2D eigenvalue weighted by Crippen LogP contribution is 2.23. The average Bonchev–Trinajstić information content (AvgIpc) is 2.38. The SMILES string of the molecule is CC(C)(C)c1ccc(NC(=O)c2cccc[n+]2[O-])cc1. The van der Waals surface area contributed by atoms with Crippen molar-refractivity contribution in [1.29, 1.82) is 0 Å². The first-order valence-electron chi connectivity index (χ1n) is 6.48. The highest BCUT2D eigenvalue weighted by Gasteiger charge is 2.16. The Morgan fingerprint density at radius 1 is 1.10 bits per heavy atom. The molecular weight excluding hydrogens is 252 g/mol. The molecule has 2 aromatic rings. The number of hydrogen-bond donors (Lipinski definition) is 1. The van der Waals surface area contributed by atoms with Crippen LogP contribution in [0.5, 0.6) is 0 Å². The van der Waals surface area contributed by atoms with Crippen molar-refractivity contribution in [2.75, 3.05) is 5.32 Å². The number of pyridine rings is 1. The van der Waals surface area contributed by atoms with Crippen LogP contribution in [0.4, 0.5) is 5.69 Å².